The first-order valence-electron chi connectivity index (χ1n) is 7.00. The Kier molecular flexibility index (Phi) is 3.86. The SMILES string of the molecule is Cc1ccsc1CNC(C)c1cccc2ccccc12. The maximum absolute atomic E-state index is 3.64. The van der Waals surface area contributed by atoms with Crippen LogP contribution >= 0.6 is 11.3 Å². The van der Waals surface area contributed by atoms with Crippen molar-refractivity contribution >= 4 is 22.1 Å². The summed E-state index contributed by atoms with van der Waals surface area (Å²) in [7, 11) is 0. The van der Waals surface area contributed by atoms with Gasteiger partial charge in [-0.05, 0) is 47.2 Å². The Balaban J connectivity index is 1.82. The van der Waals surface area contributed by atoms with Crippen molar-refractivity contribution in [3.8, 4) is 0 Å². The van der Waals surface area contributed by atoms with E-state index in [-0.39, 0.29) is 0 Å². The highest BCUT2D eigenvalue weighted by atomic mass is 32.1. The Bertz CT molecular complexity index is 709. The molecule has 1 unspecified atom stereocenters. The van der Waals surface area contributed by atoms with Crippen molar-refractivity contribution in [2.24, 2.45) is 0 Å². The molecule has 3 rings (SSSR count). The number of aryl methyl sites for hydroxylation is 1. The zero-order valence-corrected chi connectivity index (χ0v) is 12.7. The predicted octanol–water partition coefficient (Wildman–Crippen LogP) is 5.06. The minimum atomic E-state index is 0.350. The second kappa shape index (κ2) is 5.78. The van der Waals surface area contributed by atoms with Crippen LogP contribution in [0.1, 0.15) is 29.0 Å². The molecule has 0 saturated heterocycles. The fourth-order valence-corrected chi connectivity index (χ4v) is 3.43. The Morgan fingerprint density at radius 2 is 1.85 bits per heavy atom. The van der Waals surface area contributed by atoms with E-state index in [9.17, 15) is 0 Å². The van der Waals surface area contributed by atoms with Crippen LogP contribution < -0.4 is 5.32 Å². The summed E-state index contributed by atoms with van der Waals surface area (Å²) in [6, 6.07) is 17.7. The highest BCUT2D eigenvalue weighted by molar-refractivity contribution is 7.10. The fraction of sp³-hybridized carbons (Fsp3) is 0.222. The van der Waals surface area contributed by atoms with E-state index < -0.39 is 0 Å². The predicted molar refractivity (Wildman–Crippen MR) is 88.3 cm³/mol. The maximum Gasteiger partial charge on any atom is 0.0308 e. The van der Waals surface area contributed by atoms with Gasteiger partial charge in [-0.3, -0.25) is 0 Å². The van der Waals surface area contributed by atoms with Crippen molar-refractivity contribution in [2.45, 2.75) is 26.4 Å². The molecular formula is C18H19NS. The number of rotatable bonds is 4. The van der Waals surface area contributed by atoms with E-state index in [0.717, 1.165) is 6.54 Å². The Hall–Kier alpha value is -1.64. The lowest BCUT2D eigenvalue weighted by molar-refractivity contribution is 0.581. The average molecular weight is 281 g/mol. The number of thiophene rings is 1. The largest absolute Gasteiger partial charge is 0.305 e. The molecule has 0 aliphatic carbocycles. The van der Waals surface area contributed by atoms with Crippen molar-refractivity contribution in [3.63, 3.8) is 0 Å². The van der Waals surface area contributed by atoms with E-state index in [1.54, 1.807) is 0 Å². The molecular weight excluding hydrogens is 262 g/mol. The van der Waals surface area contributed by atoms with E-state index in [1.165, 1.54) is 26.8 Å². The van der Waals surface area contributed by atoms with Gasteiger partial charge in [0, 0.05) is 17.5 Å². The summed E-state index contributed by atoms with van der Waals surface area (Å²) in [4.78, 5) is 1.43. The molecule has 1 atom stereocenters. The number of hydrogen-bond donors (Lipinski definition) is 1. The van der Waals surface area contributed by atoms with Crippen molar-refractivity contribution < 1.29 is 0 Å². The van der Waals surface area contributed by atoms with Crippen LogP contribution in [0.3, 0.4) is 0 Å². The van der Waals surface area contributed by atoms with Crippen molar-refractivity contribution in [2.75, 3.05) is 0 Å². The second-order valence-corrected chi connectivity index (χ2v) is 6.20. The number of nitrogens with one attached hydrogen (secondary N) is 1. The van der Waals surface area contributed by atoms with Crippen molar-refractivity contribution in [1.82, 2.24) is 5.32 Å². The molecule has 20 heavy (non-hydrogen) atoms. The number of benzene rings is 2. The Morgan fingerprint density at radius 3 is 2.65 bits per heavy atom. The molecule has 102 valence electrons. The molecule has 1 heterocycles. The lowest BCUT2D eigenvalue weighted by atomic mass is 10.00. The van der Waals surface area contributed by atoms with Crippen LogP contribution in [0.25, 0.3) is 10.8 Å². The van der Waals surface area contributed by atoms with Crippen LogP contribution in [-0.2, 0) is 6.54 Å². The summed E-state index contributed by atoms with van der Waals surface area (Å²) in [6.07, 6.45) is 0. The summed E-state index contributed by atoms with van der Waals surface area (Å²) in [6.45, 7) is 5.36. The molecule has 1 nitrogen and oxygen atoms in total. The average Bonchev–Trinajstić information content (AvgIpc) is 2.89. The molecule has 0 fully saturated rings. The number of fused-ring (bicyclic) bond motifs is 1. The van der Waals surface area contributed by atoms with Gasteiger partial charge in [0.05, 0.1) is 0 Å². The molecule has 2 aromatic carbocycles. The molecule has 1 aromatic heterocycles. The van der Waals surface area contributed by atoms with E-state index >= 15 is 0 Å². The summed E-state index contributed by atoms with van der Waals surface area (Å²) in [5, 5.41) is 8.46. The van der Waals surface area contributed by atoms with Gasteiger partial charge in [-0.15, -0.1) is 11.3 Å². The van der Waals surface area contributed by atoms with Crippen LogP contribution in [-0.4, -0.2) is 0 Å². The standard InChI is InChI=1S/C18H19NS/c1-13-10-11-20-18(13)12-19-14(2)16-9-5-7-15-6-3-4-8-17(15)16/h3-11,14,19H,12H2,1-2H3. The third-order valence-corrected chi connectivity index (χ3v) is 4.85. The zero-order chi connectivity index (χ0) is 13.9. The minimum absolute atomic E-state index is 0.350. The first-order chi connectivity index (χ1) is 9.75. The van der Waals surface area contributed by atoms with E-state index in [4.69, 9.17) is 0 Å². The van der Waals surface area contributed by atoms with Crippen LogP contribution in [0.15, 0.2) is 53.9 Å². The third-order valence-electron chi connectivity index (χ3n) is 3.83. The molecule has 3 aromatic rings. The first-order valence-corrected chi connectivity index (χ1v) is 7.87. The van der Waals surface area contributed by atoms with E-state index in [1.807, 2.05) is 11.3 Å². The Morgan fingerprint density at radius 1 is 1.05 bits per heavy atom. The quantitative estimate of drug-likeness (QED) is 0.704. The summed E-state index contributed by atoms with van der Waals surface area (Å²) < 4.78 is 0. The third kappa shape index (κ3) is 2.62. The van der Waals surface area contributed by atoms with Gasteiger partial charge in [-0.1, -0.05) is 42.5 Å². The van der Waals surface area contributed by atoms with Crippen LogP contribution in [0.2, 0.25) is 0 Å². The van der Waals surface area contributed by atoms with Gasteiger partial charge in [-0.25, -0.2) is 0 Å². The van der Waals surface area contributed by atoms with Gasteiger partial charge in [0.25, 0.3) is 0 Å². The van der Waals surface area contributed by atoms with Gasteiger partial charge in [-0.2, -0.15) is 0 Å². The maximum atomic E-state index is 3.64. The molecule has 0 radical (unpaired) electrons. The molecule has 2 heteroatoms. The molecule has 0 aliphatic heterocycles. The molecule has 0 amide bonds. The number of hydrogen-bond acceptors (Lipinski definition) is 2. The highest BCUT2D eigenvalue weighted by Crippen LogP contribution is 2.25. The highest BCUT2D eigenvalue weighted by Gasteiger charge is 2.09. The smallest absolute Gasteiger partial charge is 0.0308 e. The van der Waals surface area contributed by atoms with Crippen molar-refractivity contribution in [1.29, 1.82) is 0 Å². The lowest BCUT2D eigenvalue weighted by Crippen LogP contribution is -2.18. The normalized spacial score (nSPS) is 12.7. The molecule has 0 aliphatic rings. The summed E-state index contributed by atoms with van der Waals surface area (Å²) in [5.74, 6) is 0. The fourth-order valence-electron chi connectivity index (χ4n) is 2.57. The van der Waals surface area contributed by atoms with Crippen LogP contribution in [0.4, 0.5) is 0 Å². The molecule has 0 saturated carbocycles. The van der Waals surface area contributed by atoms with Gasteiger partial charge in [0.1, 0.15) is 0 Å². The van der Waals surface area contributed by atoms with Gasteiger partial charge < -0.3 is 5.32 Å². The zero-order valence-electron chi connectivity index (χ0n) is 11.9. The van der Waals surface area contributed by atoms with Gasteiger partial charge in [0.2, 0.25) is 0 Å². The lowest BCUT2D eigenvalue weighted by Gasteiger charge is -2.16. The molecule has 0 bridgehead atoms. The van der Waals surface area contributed by atoms with E-state index in [0.29, 0.717) is 6.04 Å². The molecule has 1 N–H and O–H groups in total. The van der Waals surface area contributed by atoms with E-state index in [2.05, 4.69) is 73.1 Å². The monoisotopic (exact) mass is 281 g/mol. The van der Waals surface area contributed by atoms with Crippen LogP contribution in [0.5, 0.6) is 0 Å². The second-order valence-electron chi connectivity index (χ2n) is 5.20. The summed E-state index contributed by atoms with van der Waals surface area (Å²) >= 11 is 1.83. The van der Waals surface area contributed by atoms with Crippen LogP contribution in [0, 0.1) is 6.92 Å². The topological polar surface area (TPSA) is 12.0 Å². The molecule has 0 spiro atoms. The van der Waals surface area contributed by atoms with Gasteiger partial charge >= 0.3 is 0 Å². The van der Waals surface area contributed by atoms with Crippen molar-refractivity contribution in [3.05, 3.63) is 69.9 Å². The minimum Gasteiger partial charge on any atom is -0.305 e. The first kappa shape index (κ1) is 13.3. The Labute approximate surface area is 124 Å². The summed E-state index contributed by atoms with van der Waals surface area (Å²) in [5.41, 5.74) is 2.75. The van der Waals surface area contributed by atoms with Gasteiger partial charge in [0.15, 0.2) is 0 Å².